The first-order chi connectivity index (χ1) is 18.7. The first-order valence-electron chi connectivity index (χ1n) is 12.7. The lowest BCUT2D eigenvalue weighted by atomic mass is 9.78. The summed E-state index contributed by atoms with van der Waals surface area (Å²) < 4.78 is 15.9. The highest BCUT2D eigenvalue weighted by Gasteiger charge is 2.36. The molecule has 3 aromatic rings. The molecule has 4 rings (SSSR count). The molecule has 1 aliphatic carbocycles. The summed E-state index contributed by atoms with van der Waals surface area (Å²) in [5.74, 6) is -1.27. The van der Waals surface area contributed by atoms with Crippen molar-refractivity contribution in [1.82, 2.24) is 10.1 Å². The quantitative estimate of drug-likeness (QED) is 0.328. The van der Waals surface area contributed by atoms with Crippen LogP contribution in [0.25, 0.3) is 11.5 Å². The average Bonchev–Trinajstić information content (AvgIpc) is 3.28. The van der Waals surface area contributed by atoms with Gasteiger partial charge < -0.3 is 19.3 Å². The number of aromatic nitrogens is 2. The number of amides is 2. The van der Waals surface area contributed by atoms with Crippen LogP contribution in [0.15, 0.2) is 40.9 Å². The lowest BCUT2D eigenvalue weighted by molar-refractivity contribution is -0.151. The normalized spacial score (nSPS) is 17.7. The average molecular weight is 555 g/mol. The number of methoxy groups -OCH3 is 1. The van der Waals surface area contributed by atoms with Gasteiger partial charge in [-0.2, -0.15) is 0 Å². The molecule has 2 aromatic heterocycles. The van der Waals surface area contributed by atoms with Crippen molar-refractivity contribution in [3.05, 3.63) is 58.4 Å². The van der Waals surface area contributed by atoms with E-state index in [0.717, 1.165) is 12.8 Å². The van der Waals surface area contributed by atoms with Gasteiger partial charge in [0.1, 0.15) is 23.2 Å². The summed E-state index contributed by atoms with van der Waals surface area (Å²) >= 11 is 6.21. The van der Waals surface area contributed by atoms with Crippen LogP contribution in [0.3, 0.4) is 0 Å². The Morgan fingerprint density at radius 1 is 1.03 bits per heavy atom. The van der Waals surface area contributed by atoms with Crippen LogP contribution >= 0.6 is 11.6 Å². The summed E-state index contributed by atoms with van der Waals surface area (Å²) in [4.78, 5) is 42.5. The van der Waals surface area contributed by atoms with E-state index in [4.69, 9.17) is 25.6 Å². The first kappa shape index (κ1) is 28.1. The Bertz CT molecular complexity index is 1370. The Morgan fingerprint density at radius 2 is 1.74 bits per heavy atom. The third kappa shape index (κ3) is 6.39. The number of hydrogen-bond acceptors (Lipinski definition) is 8. The minimum atomic E-state index is -0.705. The minimum absolute atomic E-state index is 0.240. The maximum Gasteiger partial charge on any atom is 0.412 e. The van der Waals surface area contributed by atoms with Crippen molar-refractivity contribution in [1.29, 1.82) is 0 Å². The van der Waals surface area contributed by atoms with E-state index in [9.17, 15) is 14.4 Å². The van der Waals surface area contributed by atoms with Gasteiger partial charge in [0, 0.05) is 10.6 Å². The Hall–Kier alpha value is -3.92. The van der Waals surface area contributed by atoms with E-state index in [0.29, 0.717) is 51.9 Å². The van der Waals surface area contributed by atoms with Gasteiger partial charge in [-0.1, -0.05) is 47.8 Å². The van der Waals surface area contributed by atoms with Crippen molar-refractivity contribution in [2.75, 3.05) is 17.7 Å². The van der Waals surface area contributed by atoms with Gasteiger partial charge in [0.25, 0.3) is 0 Å². The summed E-state index contributed by atoms with van der Waals surface area (Å²) in [6, 6.07) is 10.5. The number of rotatable bonds is 7. The smallest absolute Gasteiger partial charge is 0.412 e. The summed E-state index contributed by atoms with van der Waals surface area (Å²) in [6.07, 6.45) is 1.71. The highest BCUT2D eigenvalue weighted by atomic mass is 35.5. The summed E-state index contributed by atoms with van der Waals surface area (Å²) in [5.41, 5.74) is 2.88. The van der Waals surface area contributed by atoms with Gasteiger partial charge in [-0.25, -0.2) is 9.78 Å². The molecule has 2 amide bonds. The van der Waals surface area contributed by atoms with Gasteiger partial charge in [0.05, 0.1) is 30.3 Å². The minimum Gasteiger partial charge on any atom is -0.469 e. The molecule has 2 N–H and O–H groups in total. The molecule has 39 heavy (non-hydrogen) atoms. The maximum absolute atomic E-state index is 13.1. The monoisotopic (exact) mass is 554 g/mol. The van der Waals surface area contributed by atoms with E-state index in [1.807, 2.05) is 6.07 Å². The largest absolute Gasteiger partial charge is 0.469 e. The molecule has 0 aliphatic heterocycles. The van der Waals surface area contributed by atoms with Crippen LogP contribution in [0.1, 0.15) is 55.7 Å². The van der Waals surface area contributed by atoms with Crippen molar-refractivity contribution in [3.8, 4) is 11.5 Å². The Balaban J connectivity index is 1.47. The van der Waals surface area contributed by atoms with Crippen molar-refractivity contribution in [2.45, 2.75) is 52.6 Å². The second kappa shape index (κ2) is 12.3. The number of nitrogens with one attached hydrogen (secondary N) is 2. The molecule has 3 atom stereocenters. The number of halogens is 1. The van der Waals surface area contributed by atoms with Crippen LogP contribution in [0.4, 0.5) is 16.2 Å². The molecule has 2 unspecified atom stereocenters. The zero-order valence-corrected chi connectivity index (χ0v) is 23.0. The number of nitrogens with zero attached hydrogens (tertiary/aromatic N) is 2. The van der Waals surface area contributed by atoms with Crippen molar-refractivity contribution >= 4 is 40.9 Å². The first-order valence-corrected chi connectivity index (χ1v) is 13.1. The van der Waals surface area contributed by atoms with Gasteiger partial charge in [-0.3, -0.25) is 14.9 Å². The van der Waals surface area contributed by atoms with E-state index in [1.54, 1.807) is 51.1 Å². The van der Waals surface area contributed by atoms with Crippen molar-refractivity contribution < 1.29 is 28.4 Å². The topological polar surface area (TPSA) is 133 Å². The van der Waals surface area contributed by atoms with E-state index in [1.165, 1.54) is 7.11 Å². The SMILES string of the molecule is COC(=O)C1CCCCC1C(=O)Nc1ccc(-c2onc(C)c2NC(=O)O[C@H](C)c2ccccc2Cl)nc1C. The number of anilines is 2. The predicted octanol–water partition coefficient (Wildman–Crippen LogP) is 6.23. The summed E-state index contributed by atoms with van der Waals surface area (Å²) in [7, 11) is 1.34. The molecule has 11 heteroatoms. The lowest BCUT2D eigenvalue weighted by Crippen LogP contribution is -2.36. The molecule has 1 aromatic carbocycles. The van der Waals surface area contributed by atoms with Crippen LogP contribution in [0.2, 0.25) is 5.02 Å². The summed E-state index contributed by atoms with van der Waals surface area (Å²) in [6.45, 7) is 5.15. The molecule has 2 heterocycles. The zero-order chi connectivity index (χ0) is 28.1. The number of hydrogen-bond donors (Lipinski definition) is 2. The second-order valence-electron chi connectivity index (χ2n) is 9.51. The number of esters is 1. The lowest BCUT2D eigenvalue weighted by Gasteiger charge is -2.28. The maximum atomic E-state index is 13.1. The number of pyridine rings is 1. The number of benzene rings is 1. The van der Waals surface area contributed by atoms with Crippen LogP contribution in [-0.4, -0.2) is 35.2 Å². The fourth-order valence-electron chi connectivity index (χ4n) is 4.78. The number of carbonyl (C=O) groups is 3. The second-order valence-corrected chi connectivity index (χ2v) is 9.91. The number of ether oxygens (including phenoxy) is 2. The molecule has 0 spiro atoms. The van der Waals surface area contributed by atoms with Gasteiger partial charge >= 0.3 is 12.1 Å². The van der Waals surface area contributed by atoms with Crippen LogP contribution in [0.5, 0.6) is 0 Å². The molecule has 1 fully saturated rings. The molecule has 1 aliphatic rings. The third-order valence-electron chi connectivity index (χ3n) is 6.90. The molecule has 1 saturated carbocycles. The standard InChI is InChI=1S/C28H31ClN4O6/c1-15-22(31-26(34)19-10-5-6-11-20(19)27(35)37-4)13-14-23(30-15)25-24(16(2)33-39-25)32-28(36)38-17(3)18-9-7-8-12-21(18)29/h7-9,12-14,17,19-20H,5-6,10-11H2,1-4H3,(H,31,34)(H,32,36)/t17-,19?,20?/m1/s1. The highest BCUT2D eigenvalue weighted by molar-refractivity contribution is 6.31. The van der Waals surface area contributed by atoms with Crippen molar-refractivity contribution in [3.63, 3.8) is 0 Å². The zero-order valence-electron chi connectivity index (χ0n) is 22.2. The molecule has 206 valence electrons. The van der Waals surface area contributed by atoms with E-state index >= 15 is 0 Å². The van der Waals surface area contributed by atoms with Crippen molar-refractivity contribution in [2.24, 2.45) is 11.8 Å². The van der Waals surface area contributed by atoms with Gasteiger partial charge in [0.2, 0.25) is 11.7 Å². The fourth-order valence-corrected chi connectivity index (χ4v) is 5.06. The molecular formula is C28H31ClN4O6. The molecule has 0 radical (unpaired) electrons. The molecule has 10 nitrogen and oxygen atoms in total. The van der Waals surface area contributed by atoms with E-state index < -0.39 is 24.0 Å². The van der Waals surface area contributed by atoms with Crippen LogP contribution in [-0.2, 0) is 19.1 Å². The Labute approximate surface area is 231 Å². The highest BCUT2D eigenvalue weighted by Crippen LogP contribution is 2.34. The molecule has 0 saturated heterocycles. The summed E-state index contributed by atoms with van der Waals surface area (Å²) in [5, 5.41) is 10.1. The molecular weight excluding hydrogens is 524 g/mol. The van der Waals surface area contributed by atoms with Gasteiger partial charge in [-0.05, 0) is 51.8 Å². The number of aryl methyl sites for hydroxylation is 2. The van der Waals surface area contributed by atoms with Gasteiger partial charge in [0.15, 0.2) is 0 Å². The Kier molecular flexibility index (Phi) is 8.86. The molecule has 0 bridgehead atoms. The van der Waals surface area contributed by atoms with E-state index in [-0.39, 0.29) is 17.6 Å². The van der Waals surface area contributed by atoms with Gasteiger partial charge in [-0.15, -0.1) is 0 Å². The Morgan fingerprint density at radius 3 is 2.44 bits per heavy atom. The van der Waals surface area contributed by atoms with Crippen LogP contribution < -0.4 is 10.6 Å². The van der Waals surface area contributed by atoms with Crippen LogP contribution in [0, 0.1) is 25.7 Å². The third-order valence-corrected chi connectivity index (χ3v) is 7.24. The predicted molar refractivity (Wildman–Crippen MR) is 145 cm³/mol. The number of carbonyl (C=O) groups excluding carboxylic acids is 3. The van der Waals surface area contributed by atoms with E-state index in [2.05, 4.69) is 20.8 Å². The fraction of sp³-hybridized carbons (Fsp3) is 0.393.